The van der Waals surface area contributed by atoms with E-state index in [-0.39, 0.29) is 0 Å². The predicted molar refractivity (Wildman–Crippen MR) is 129 cm³/mol. The normalized spacial score (nSPS) is 24.8. The average molecular weight is 417 g/mol. The van der Waals surface area contributed by atoms with Crippen LogP contribution in [0.3, 0.4) is 0 Å². The first kappa shape index (κ1) is 20.6. The highest BCUT2D eigenvalue weighted by Crippen LogP contribution is 2.34. The lowest BCUT2D eigenvalue weighted by atomic mass is 9.82. The number of likely N-dealkylation sites (tertiary alicyclic amines) is 1. The van der Waals surface area contributed by atoms with Crippen LogP contribution in [-0.4, -0.2) is 29.0 Å². The molecule has 0 atom stereocenters. The van der Waals surface area contributed by atoms with E-state index in [0.717, 1.165) is 17.0 Å². The van der Waals surface area contributed by atoms with Crippen LogP contribution in [0.5, 0.6) is 0 Å². The number of pyridine rings is 1. The van der Waals surface area contributed by atoms with Gasteiger partial charge in [0.1, 0.15) is 0 Å². The molecule has 0 bridgehead atoms. The molecule has 3 heterocycles. The minimum absolute atomic E-state index is 0.452. The van der Waals surface area contributed by atoms with E-state index in [1.54, 1.807) is 0 Å². The number of nitrogens with zero attached hydrogens (tertiary/aromatic N) is 2. The molecular weight excluding hydrogens is 380 g/mol. The zero-order valence-corrected chi connectivity index (χ0v) is 19.3. The Kier molecular flexibility index (Phi) is 5.51. The summed E-state index contributed by atoms with van der Waals surface area (Å²) in [4.78, 5) is 7.26. The van der Waals surface area contributed by atoms with Crippen molar-refractivity contribution in [1.82, 2.24) is 15.3 Å². The van der Waals surface area contributed by atoms with Gasteiger partial charge in [-0.1, -0.05) is 20.4 Å². The lowest BCUT2D eigenvalue weighted by Gasteiger charge is -2.35. The summed E-state index contributed by atoms with van der Waals surface area (Å²) in [5.74, 6) is 1.08. The van der Waals surface area contributed by atoms with Crippen LogP contribution in [0.15, 0.2) is 24.4 Å². The van der Waals surface area contributed by atoms with Crippen molar-refractivity contribution in [3.8, 4) is 0 Å². The van der Waals surface area contributed by atoms with Crippen molar-refractivity contribution >= 4 is 18.0 Å². The minimum Gasteiger partial charge on any atom is -0.304 e. The smallest absolute Gasteiger partial charge is 0.0636 e. The molecule has 0 radical (unpaired) electrons. The number of hydrogen-bond acceptors (Lipinski definition) is 4. The van der Waals surface area contributed by atoms with Crippen LogP contribution in [0, 0.1) is 23.3 Å². The standard InChI is InChI=1S/C27H36N4/c1-17(2)23-14-25-26(15-24(23)21-13-18(3)19(4)28-16-21)29-30-27(25)20-7-9-22(10-8-20)31-11-5-6-12-31/h13-17,20,22,29-30H,4-12H2,1-3H3/b24-21-. The monoisotopic (exact) mass is 416 g/mol. The van der Waals surface area contributed by atoms with Gasteiger partial charge in [-0.05, 0) is 99.0 Å². The van der Waals surface area contributed by atoms with Crippen molar-refractivity contribution in [2.75, 3.05) is 18.5 Å². The molecule has 1 aromatic heterocycles. The zero-order chi connectivity index (χ0) is 21.5. The highest BCUT2D eigenvalue weighted by atomic mass is 15.4. The molecule has 1 aliphatic carbocycles. The Morgan fingerprint density at radius 3 is 2.42 bits per heavy atom. The van der Waals surface area contributed by atoms with Gasteiger partial charge in [0.25, 0.3) is 0 Å². The van der Waals surface area contributed by atoms with Gasteiger partial charge in [-0.2, -0.15) is 0 Å². The Bertz CT molecular complexity index is 1170. The van der Waals surface area contributed by atoms with E-state index in [2.05, 4.69) is 66.3 Å². The maximum atomic E-state index is 4.52. The number of aromatic nitrogens is 1. The van der Waals surface area contributed by atoms with Gasteiger partial charge >= 0.3 is 0 Å². The van der Waals surface area contributed by atoms with Crippen LogP contribution in [0.1, 0.15) is 69.4 Å². The predicted octanol–water partition coefficient (Wildman–Crippen LogP) is 3.90. The number of rotatable bonds is 3. The average Bonchev–Trinajstić information content (AvgIpc) is 3.45. The lowest BCUT2D eigenvalue weighted by molar-refractivity contribution is 0.177. The van der Waals surface area contributed by atoms with Gasteiger partial charge in [-0.25, -0.2) is 0 Å². The van der Waals surface area contributed by atoms with E-state index in [0.29, 0.717) is 11.8 Å². The molecule has 1 saturated carbocycles. The SMILES string of the molecule is C=c1nc/c(=c2/cc3c(cc2C(C)C)=C(C2CCC(N4CCCC4)CC2)NN3)cc1C. The van der Waals surface area contributed by atoms with E-state index in [1.807, 2.05) is 6.20 Å². The molecule has 1 saturated heterocycles. The first-order valence-corrected chi connectivity index (χ1v) is 12.1. The van der Waals surface area contributed by atoms with Gasteiger partial charge < -0.3 is 15.8 Å². The summed E-state index contributed by atoms with van der Waals surface area (Å²) in [5.41, 5.74) is 12.2. The van der Waals surface area contributed by atoms with Crippen LogP contribution >= 0.6 is 0 Å². The maximum Gasteiger partial charge on any atom is 0.0636 e. The van der Waals surface area contributed by atoms with Crippen molar-refractivity contribution in [2.45, 2.75) is 71.3 Å². The summed E-state index contributed by atoms with van der Waals surface area (Å²) in [6, 6.07) is 7.78. The molecule has 3 aliphatic rings. The second-order valence-electron chi connectivity index (χ2n) is 10.0. The van der Waals surface area contributed by atoms with Crippen LogP contribution in [0.2, 0.25) is 0 Å². The van der Waals surface area contributed by atoms with E-state index < -0.39 is 0 Å². The first-order chi connectivity index (χ1) is 15.0. The van der Waals surface area contributed by atoms with E-state index >= 15 is 0 Å². The third-order valence-electron chi connectivity index (χ3n) is 7.69. The number of hydrogen-bond donors (Lipinski definition) is 2. The molecule has 2 fully saturated rings. The van der Waals surface area contributed by atoms with E-state index in [4.69, 9.17) is 0 Å². The molecule has 164 valence electrons. The van der Waals surface area contributed by atoms with Gasteiger partial charge in [-0.15, -0.1) is 0 Å². The first-order valence-electron chi connectivity index (χ1n) is 12.1. The molecular formula is C27H36N4. The molecule has 4 nitrogen and oxygen atoms in total. The number of nitrogens with one attached hydrogen (secondary N) is 2. The third kappa shape index (κ3) is 3.87. The van der Waals surface area contributed by atoms with Crippen molar-refractivity contribution in [3.63, 3.8) is 0 Å². The molecule has 2 N–H and O–H groups in total. The van der Waals surface area contributed by atoms with Gasteiger partial charge in [-0.3, -0.25) is 4.98 Å². The molecule has 4 heteroatoms. The maximum absolute atomic E-state index is 4.52. The van der Waals surface area contributed by atoms with Crippen molar-refractivity contribution < 1.29 is 0 Å². The van der Waals surface area contributed by atoms with E-state index in [1.165, 1.54) is 84.2 Å². The molecule has 5 rings (SSSR count). The summed E-state index contributed by atoms with van der Waals surface area (Å²) in [7, 11) is 0. The molecule has 1 aromatic carbocycles. The third-order valence-corrected chi connectivity index (χ3v) is 7.69. The zero-order valence-electron chi connectivity index (χ0n) is 19.3. The summed E-state index contributed by atoms with van der Waals surface area (Å²) in [6.07, 6.45) is 10.0. The fourth-order valence-electron chi connectivity index (χ4n) is 5.78. The van der Waals surface area contributed by atoms with Crippen LogP contribution < -0.4 is 21.4 Å². The molecule has 0 unspecified atom stereocenters. The topological polar surface area (TPSA) is 40.2 Å². The Hall–Kier alpha value is -2.33. The van der Waals surface area contributed by atoms with Crippen LogP contribution in [0.4, 0.5) is 5.69 Å². The number of benzene rings is 1. The molecule has 0 spiro atoms. The van der Waals surface area contributed by atoms with Gasteiger partial charge in [0.05, 0.1) is 11.0 Å². The highest BCUT2D eigenvalue weighted by molar-refractivity contribution is 5.65. The number of aryl methyl sites for hydroxylation is 1. The van der Waals surface area contributed by atoms with E-state index in [9.17, 15) is 0 Å². The summed E-state index contributed by atoms with van der Waals surface area (Å²) >= 11 is 0. The Balaban J connectivity index is 1.54. The van der Waals surface area contributed by atoms with Crippen molar-refractivity contribution in [1.29, 1.82) is 0 Å². The highest BCUT2D eigenvalue weighted by Gasteiger charge is 2.30. The molecule has 2 aliphatic heterocycles. The van der Waals surface area contributed by atoms with Gasteiger partial charge in [0, 0.05) is 34.3 Å². The fourth-order valence-corrected chi connectivity index (χ4v) is 5.78. The summed E-state index contributed by atoms with van der Waals surface area (Å²) in [5, 5.41) is 4.68. The van der Waals surface area contributed by atoms with Gasteiger partial charge in [0.15, 0.2) is 0 Å². The van der Waals surface area contributed by atoms with Crippen molar-refractivity contribution in [3.05, 3.63) is 56.5 Å². The Morgan fingerprint density at radius 2 is 1.74 bits per heavy atom. The number of hydrazine groups is 1. The second kappa shape index (κ2) is 8.31. The molecule has 31 heavy (non-hydrogen) atoms. The van der Waals surface area contributed by atoms with Crippen molar-refractivity contribution in [2.24, 2.45) is 5.92 Å². The summed E-state index contributed by atoms with van der Waals surface area (Å²) < 4.78 is 0. The van der Waals surface area contributed by atoms with Crippen LogP contribution in [0.25, 0.3) is 12.3 Å². The minimum atomic E-state index is 0.452. The number of fused-ring (bicyclic) bond motifs is 1. The number of anilines is 1. The molecule has 0 amide bonds. The fraction of sp³-hybridized carbons (Fsp3) is 0.519. The summed E-state index contributed by atoms with van der Waals surface area (Å²) in [6.45, 7) is 13.3. The van der Waals surface area contributed by atoms with Gasteiger partial charge in [0.2, 0.25) is 0 Å². The molecule has 2 aromatic rings. The largest absolute Gasteiger partial charge is 0.304 e. The Morgan fingerprint density at radius 1 is 1.00 bits per heavy atom. The van der Waals surface area contributed by atoms with Crippen LogP contribution in [-0.2, 0) is 0 Å². The lowest BCUT2D eigenvalue weighted by Crippen LogP contribution is -2.37. The quantitative estimate of drug-likeness (QED) is 0.796. The Labute approximate surface area is 185 Å². The second-order valence-corrected chi connectivity index (χ2v) is 10.0.